The molecular formula is C10H10BrClO3. The number of benzene rings is 1. The summed E-state index contributed by atoms with van der Waals surface area (Å²) in [6, 6.07) is 1.48. The fourth-order valence-electron chi connectivity index (χ4n) is 1.29. The lowest BCUT2D eigenvalue weighted by Crippen LogP contribution is -2.08. The number of carbonyl (C=O) groups excluding carboxylic acids is 1. The zero-order valence-corrected chi connectivity index (χ0v) is 10.6. The van der Waals surface area contributed by atoms with E-state index in [1.807, 2.05) is 0 Å². The quantitative estimate of drug-likeness (QED) is 0.853. The van der Waals surface area contributed by atoms with Gasteiger partial charge in [0.05, 0.1) is 24.3 Å². The SMILES string of the molecule is COC(=O)c1cc(Cl)c(Br)c(C)c1CO. The molecule has 0 unspecified atom stereocenters. The molecule has 15 heavy (non-hydrogen) atoms. The fourth-order valence-corrected chi connectivity index (χ4v) is 1.89. The summed E-state index contributed by atoms with van der Waals surface area (Å²) in [7, 11) is 1.29. The Balaban J connectivity index is 3.45. The third-order valence-corrected chi connectivity index (χ3v) is 3.70. The molecule has 0 atom stereocenters. The highest BCUT2D eigenvalue weighted by molar-refractivity contribution is 9.10. The van der Waals surface area contributed by atoms with Gasteiger partial charge in [-0.05, 0) is 40.0 Å². The van der Waals surface area contributed by atoms with Crippen LogP contribution in [0.2, 0.25) is 5.02 Å². The molecule has 0 aromatic heterocycles. The molecule has 1 N–H and O–H groups in total. The van der Waals surface area contributed by atoms with E-state index in [-0.39, 0.29) is 6.61 Å². The van der Waals surface area contributed by atoms with Crippen molar-refractivity contribution in [3.05, 3.63) is 32.3 Å². The minimum atomic E-state index is -0.503. The van der Waals surface area contributed by atoms with Crippen molar-refractivity contribution in [2.45, 2.75) is 13.5 Å². The molecule has 0 aliphatic rings. The molecule has 3 nitrogen and oxygen atoms in total. The van der Waals surface area contributed by atoms with Crippen LogP contribution in [0.5, 0.6) is 0 Å². The van der Waals surface area contributed by atoms with Crippen LogP contribution in [-0.4, -0.2) is 18.2 Å². The van der Waals surface area contributed by atoms with Crippen LogP contribution >= 0.6 is 27.5 Å². The van der Waals surface area contributed by atoms with Crippen LogP contribution in [0.15, 0.2) is 10.5 Å². The van der Waals surface area contributed by atoms with Gasteiger partial charge in [-0.2, -0.15) is 0 Å². The molecule has 0 aliphatic heterocycles. The van der Waals surface area contributed by atoms with Crippen LogP contribution in [0.1, 0.15) is 21.5 Å². The van der Waals surface area contributed by atoms with Gasteiger partial charge < -0.3 is 9.84 Å². The van der Waals surface area contributed by atoms with Gasteiger partial charge in [0.2, 0.25) is 0 Å². The molecule has 0 saturated carbocycles. The van der Waals surface area contributed by atoms with Crippen molar-refractivity contribution in [2.75, 3.05) is 7.11 Å². The average molecular weight is 294 g/mol. The number of ether oxygens (including phenoxy) is 1. The van der Waals surface area contributed by atoms with E-state index in [1.165, 1.54) is 13.2 Å². The maximum absolute atomic E-state index is 11.4. The predicted octanol–water partition coefficient (Wildman–Crippen LogP) is 2.69. The van der Waals surface area contributed by atoms with Gasteiger partial charge in [0, 0.05) is 4.47 Å². The van der Waals surface area contributed by atoms with Gasteiger partial charge in [-0.25, -0.2) is 4.79 Å². The van der Waals surface area contributed by atoms with Gasteiger partial charge in [-0.3, -0.25) is 0 Å². The van der Waals surface area contributed by atoms with Gasteiger partial charge in [0.15, 0.2) is 0 Å². The van der Waals surface area contributed by atoms with E-state index in [9.17, 15) is 9.90 Å². The summed E-state index contributed by atoms with van der Waals surface area (Å²) in [5, 5.41) is 9.61. The van der Waals surface area contributed by atoms with Crippen molar-refractivity contribution in [1.82, 2.24) is 0 Å². The van der Waals surface area contributed by atoms with Crippen molar-refractivity contribution in [1.29, 1.82) is 0 Å². The van der Waals surface area contributed by atoms with Gasteiger partial charge in [-0.15, -0.1) is 0 Å². The van der Waals surface area contributed by atoms with E-state index in [4.69, 9.17) is 11.6 Å². The molecule has 0 spiro atoms. The predicted molar refractivity (Wildman–Crippen MR) is 61.2 cm³/mol. The second-order valence-electron chi connectivity index (χ2n) is 2.97. The summed E-state index contributed by atoms with van der Waals surface area (Å²) in [5.74, 6) is -0.503. The number of carbonyl (C=O) groups is 1. The van der Waals surface area contributed by atoms with Gasteiger partial charge in [0.1, 0.15) is 0 Å². The largest absolute Gasteiger partial charge is 0.465 e. The highest BCUT2D eigenvalue weighted by atomic mass is 79.9. The zero-order valence-electron chi connectivity index (χ0n) is 8.30. The van der Waals surface area contributed by atoms with Crippen molar-refractivity contribution < 1.29 is 14.6 Å². The Morgan fingerprint density at radius 1 is 1.67 bits per heavy atom. The Bertz CT molecular complexity index is 404. The highest BCUT2D eigenvalue weighted by Gasteiger charge is 2.17. The first kappa shape index (κ1) is 12.5. The first-order valence-corrected chi connectivity index (χ1v) is 5.36. The molecule has 1 aromatic rings. The lowest BCUT2D eigenvalue weighted by molar-refractivity contribution is 0.0597. The van der Waals surface area contributed by atoms with E-state index in [0.29, 0.717) is 20.6 Å². The molecule has 82 valence electrons. The summed E-state index contributed by atoms with van der Waals surface area (Å²) in [6.07, 6.45) is 0. The second-order valence-corrected chi connectivity index (χ2v) is 4.17. The van der Waals surface area contributed by atoms with Crippen molar-refractivity contribution in [2.24, 2.45) is 0 Å². The first-order chi connectivity index (χ1) is 7.02. The Labute approximate surface area is 101 Å². The summed E-state index contributed by atoms with van der Waals surface area (Å²) in [4.78, 5) is 11.4. The molecule has 5 heteroatoms. The van der Waals surface area contributed by atoms with Crippen LogP contribution < -0.4 is 0 Å². The maximum atomic E-state index is 11.4. The summed E-state index contributed by atoms with van der Waals surface area (Å²) >= 11 is 9.19. The molecule has 1 rings (SSSR count). The number of hydrogen-bond donors (Lipinski definition) is 1. The lowest BCUT2D eigenvalue weighted by atomic mass is 10.0. The summed E-state index contributed by atoms with van der Waals surface area (Å²) in [5.41, 5.74) is 1.56. The third-order valence-electron chi connectivity index (χ3n) is 2.15. The second kappa shape index (κ2) is 4.96. The molecule has 0 radical (unpaired) electrons. The maximum Gasteiger partial charge on any atom is 0.338 e. The average Bonchev–Trinajstić information content (AvgIpc) is 2.24. The van der Waals surface area contributed by atoms with Crippen LogP contribution in [0.3, 0.4) is 0 Å². The van der Waals surface area contributed by atoms with E-state index in [1.54, 1.807) is 6.92 Å². The molecule has 0 bridgehead atoms. The molecule has 0 amide bonds. The Hall–Kier alpha value is -0.580. The standard InChI is InChI=1S/C10H10BrClO3/c1-5-7(4-13)6(10(14)15-2)3-8(12)9(5)11/h3,13H,4H2,1-2H3. The third kappa shape index (κ3) is 2.33. The molecule has 1 aromatic carbocycles. The number of esters is 1. The Kier molecular flexibility index (Phi) is 4.13. The Morgan fingerprint density at radius 3 is 2.73 bits per heavy atom. The van der Waals surface area contributed by atoms with Crippen LogP contribution in [0.4, 0.5) is 0 Å². The van der Waals surface area contributed by atoms with E-state index in [2.05, 4.69) is 20.7 Å². The number of methoxy groups -OCH3 is 1. The topological polar surface area (TPSA) is 46.5 Å². The summed E-state index contributed by atoms with van der Waals surface area (Å²) < 4.78 is 5.29. The number of hydrogen-bond acceptors (Lipinski definition) is 3. The molecule has 0 fully saturated rings. The first-order valence-electron chi connectivity index (χ1n) is 4.19. The lowest BCUT2D eigenvalue weighted by Gasteiger charge is -2.11. The zero-order chi connectivity index (χ0) is 11.6. The number of aliphatic hydroxyl groups is 1. The summed E-state index contributed by atoms with van der Waals surface area (Å²) in [6.45, 7) is 1.54. The smallest absolute Gasteiger partial charge is 0.338 e. The normalized spacial score (nSPS) is 10.2. The Morgan fingerprint density at radius 2 is 2.27 bits per heavy atom. The van der Waals surface area contributed by atoms with Gasteiger partial charge in [0.25, 0.3) is 0 Å². The van der Waals surface area contributed by atoms with Crippen LogP contribution in [-0.2, 0) is 11.3 Å². The highest BCUT2D eigenvalue weighted by Crippen LogP contribution is 2.31. The van der Waals surface area contributed by atoms with E-state index < -0.39 is 5.97 Å². The number of halogens is 2. The minimum absolute atomic E-state index is 0.230. The van der Waals surface area contributed by atoms with Crippen LogP contribution in [0, 0.1) is 6.92 Å². The molecular weight excluding hydrogens is 283 g/mol. The number of rotatable bonds is 2. The monoisotopic (exact) mass is 292 g/mol. The van der Waals surface area contributed by atoms with Crippen molar-refractivity contribution in [3.8, 4) is 0 Å². The van der Waals surface area contributed by atoms with Crippen LogP contribution in [0.25, 0.3) is 0 Å². The van der Waals surface area contributed by atoms with E-state index in [0.717, 1.165) is 5.56 Å². The van der Waals surface area contributed by atoms with Crippen molar-refractivity contribution in [3.63, 3.8) is 0 Å². The van der Waals surface area contributed by atoms with E-state index >= 15 is 0 Å². The molecule has 0 saturated heterocycles. The molecule has 0 heterocycles. The molecule has 0 aliphatic carbocycles. The van der Waals surface area contributed by atoms with Gasteiger partial charge >= 0.3 is 5.97 Å². The minimum Gasteiger partial charge on any atom is -0.465 e. The van der Waals surface area contributed by atoms with Gasteiger partial charge in [-0.1, -0.05) is 11.6 Å². The number of aliphatic hydroxyl groups excluding tert-OH is 1. The fraction of sp³-hybridized carbons (Fsp3) is 0.300. The van der Waals surface area contributed by atoms with Crippen molar-refractivity contribution >= 4 is 33.5 Å².